The maximum Gasteiger partial charge on any atom is 0.256 e. The van der Waals surface area contributed by atoms with E-state index in [1.54, 1.807) is 5.82 Å². The first-order valence-corrected chi connectivity index (χ1v) is 24.9. The van der Waals surface area contributed by atoms with E-state index in [0.29, 0.717) is 0 Å². The fourth-order valence-corrected chi connectivity index (χ4v) is 8.45. The first-order valence-electron chi connectivity index (χ1n) is 24.9. The molecule has 52 heavy (non-hydrogen) atoms. The van der Waals surface area contributed by atoms with Gasteiger partial charge in [0, 0.05) is 6.42 Å². The van der Waals surface area contributed by atoms with Gasteiger partial charge in [-0.2, -0.15) is 0 Å². The Morgan fingerprint density at radius 2 is 0.596 bits per heavy atom. The van der Waals surface area contributed by atoms with Crippen LogP contribution in [0.25, 0.3) is 0 Å². The summed E-state index contributed by atoms with van der Waals surface area (Å²) in [6, 6.07) is 0. The van der Waals surface area contributed by atoms with Crippen molar-refractivity contribution in [3.05, 3.63) is 18.2 Å². The van der Waals surface area contributed by atoms with Crippen LogP contribution in [0.4, 0.5) is 0 Å². The summed E-state index contributed by atoms with van der Waals surface area (Å²) in [4.78, 5) is 0. The lowest BCUT2D eigenvalue weighted by Gasteiger charge is -2.07. The van der Waals surface area contributed by atoms with Crippen molar-refractivity contribution in [1.29, 1.82) is 0 Å². The summed E-state index contributed by atoms with van der Waals surface area (Å²) in [6.07, 6.45) is 65.3. The highest BCUT2D eigenvalue weighted by Crippen LogP contribution is 2.17. The Morgan fingerprint density at radius 1 is 0.327 bits per heavy atom. The molecule has 2 nitrogen and oxygen atoms in total. The lowest BCUT2D eigenvalue weighted by atomic mass is 10.0. The lowest BCUT2D eigenvalue weighted by molar-refractivity contribution is -0.704. The van der Waals surface area contributed by atoms with Gasteiger partial charge in [0.15, 0.2) is 0 Å². The molecule has 308 valence electrons. The van der Waals surface area contributed by atoms with Gasteiger partial charge in [0.05, 0.1) is 13.1 Å². The molecule has 0 spiro atoms. The van der Waals surface area contributed by atoms with E-state index in [0.717, 1.165) is 0 Å². The smallest absolute Gasteiger partial charge is 0.234 e. The standard InChI is InChI=1S/C50H99N2/c1-4-7-10-13-16-19-22-24-26-28-30-32-35-38-41-44-47-52-49-48-51(46-43-40-37-34-21-18-15-12-9-6-3)50(52)45-42-39-36-33-31-29-27-25-23-20-17-14-11-8-5-2/h48-49H,4-47H2,1-3H3/q+1. The second-order valence-corrected chi connectivity index (χ2v) is 17.3. The molecule has 0 atom stereocenters. The maximum absolute atomic E-state index is 2.66. The molecule has 1 heterocycles. The van der Waals surface area contributed by atoms with Gasteiger partial charge in [-0.25, -0.2) is 9.13 Å². The molecule has 0 unspecified atom stereocenters. The van der Waals surface area contributed by atoms with E-state index in [2.05, 4.69) is 42.3 Å². The lowest BCUT2D eigenvalue weighted by Crippen LogP contribution is -2.37. The molecule has 0 aliphatic heterocycles. The Kier molecular flexibility index (Phi) is 39.2. The molecule has 1 aromatic rings. The zero-order valence-corrected chi connectivity index (χ0v) is 36.7. The number of unbranched alkanes of at least 4 members (excludes halogenated alkanes) is 38. The van der Waals surface area contributed by atoms with Gasteiger partial charge in [-0.05, 0) is 32.1 Å². The van der Waals surface area contributed by atoms with Gasteiger partial charge in [-0.3, -0.25) is 0 Å². The third-order valence-electron chi connectivity index (χ3n) is 12.1. The molecular formula is C50H99N2+. The molecular weight excluding hydrogens is 629 g/mol. The summed E-state index contributed by atoms with van der Waals surface area (Å²) in [6.45, 7) is 9.42. The van der Waals surface area contributed by atoms with E-state index >= 15 is 0 Å². The van der Waals surface area contributed by atoms with Crippen LogP contribution < -0.4 is 4.57 Å². The summed E-state index contributed by atoms with van der Waals surface area (Å²) >= 11 is 0. The van der Waals surface area contributed by atoms with E-state index in [1.165, 1.54) is 283 Å². The predicted octanol–water partition coefficient (Wildman–Crippen LogP) is 17.4. The molecule has 2 heteroatoms. The van der Waals surface area contributed by atoms with E-state index < -0.39 is 0 Å². The van der Waals surface area contributed by atoms with Crippen molar-refractivity contribution >= 4 is 0 Å². The zero-order chi connectivity index (χ0) is 37.3. The third kappa shape index (κ3) is 32.6. The molecule has 0 fully saturated rings. The third-order valence-corrected chi connectivity index (χ3v) is 12.1. The molecule has 1 rings (SSSR count). The van der Waals surface area contributed by atoms with Crippen LogP contribution in [0.5, 0.6) is 0 Å². The number of hydrogen-bond donors (Lipinski definition) is 0. The van der Waals surface area contributed by atoms with Crippen molar-refractivity contribution in [1.82, 2.24) is 4.57 Å². The molecule has 0 aliphatic rings. The first kappa shape index (κ1) is 49.2. The molecule has 0 aliphatic carbocycles. The SMILES string of the molecule is CCCCCCCCCCCCCCCCCCn1cc[n+](CCCCCCCCCCCC)c1CCCCCCCCCCCCCCCCC. The van der Waals surface area contributed by atoms with Crippen molar-refractivity contribution in [2.75, 3.05) is 0 Å². The highest BCUT2D eigenvalue weighted by molar-refractivity contribution is 4.84. The van der Waals surface area contributed by atoms with E-state index in [4.69, 9.17) is 0 Å². The van der Waals surface area contributed by atoms with Crippen LogP contribution in [0.1, 0.15) is 290 Å². The van der Waals surface area contributed by atoms with Crippen molar-refractivity contribution in [3.63, 3.8) is 0 Å². The van der Waals surface area contributed by atoms with Gasteiger partial charge in [-0.1, -0.05) is 252 Å². The summed E-state index contributed by atoms with van der Waals surface area (Å²) in [5.74, 6) is 1.63. The fraction of sp³-hybridized carbons (Fsp3) is 0.940. The van der Waals surface area contributed by atoms with Gasteiger partial charge in [0.1, 0.15) is 12.4 Å². The zero-order valence-electron chi connectivity index (χ0n) is 36.7. The second kappa shape index (κ2) is 41.4. The summed E-state index contributed by atoms with van der Waals surface area (Å²) in [5.41, 5.74) is 0. The van der Waals surface area contributed by atoms with Gasteiger partial charge in [0.25, 0.3) is 5.82 Å². The van der Waals surface area contributed by atoms with Crippen LogP contribution in [0.3, 0.4) is 0 Å². The Balaban J connectivity index is 2.24. The van der Waals surface area contributed by atoms with E-state index in [9.17, 15) is 0 Å². The highest BCUT2D eigenvalue weighted by Gasteiger charge is 2.16. The Hall–Kier alpha value is -0.790. The minimum absolute atomic E-state index is 1.23. The Labute approximate surface area is 329 Å². The van der Waals surface area contributed by atoms with Crippen molar-refractivity contribution < 1.29 is 4.57 Å². The summed E-state index contributed by atoms with van der Waals surface area (Å²) < 4.78 is 5.31. The number of aromatic nitrogens is 2. The van der Waals surface area contributed by atoms with Crippen molar-refractivity contribution in [2.45, 2.75) is 304 Å². The molecule has 0 bridgehead atoms. The van der Waals surface area contributed by atoms with Gasteiger partial charge in [0.2, 0.25) is 0 Å². The fourth-order valence-electron chi connectivity index (χ4n) is 8.45. The van der Waals surface area contributed by atoms with Gasteiger partial charge in [-0.15, -0.1) is 0 Å². The molecule has 0 radical (unpaired) electrons. The van der Waals surface area contributed by atoms with Crippen LogP contribution in [0, 0.1) is 0 Å². The van der Waals surface area contributed by atoms with Crippen LogP contribution in [0.15, 0.2) is 12.4 Å². The Bertz CT molecular complexity index is 796. The number of imidazole rings is 1. The molecule has 1 aromatic heterocycles. The van der Waals surface area contributed by atoms with Crippen molar-refractivity contribution in [3.8, 4) is 0 Å². The quantitative estimate of drug-likeness (QED) is 0.0467. The minimum atomic E-state index is 1.23. The van der Waals surface area contributed by atoms with Crippen LogP contribution >= 0.6 is 0 Å². The minimum Gasteiger partial charge on any atom is -0.234 e. The number of nitrogens with zero attached hydrogens (tertiary/aromatic N) is 2. The highest BCUT2D eigenvalue weighted by atomic mass is 15.1. The first-order chi connectivity index (χ1) is 25.8. The largest absolute Gasteiger partial charge is 0.256 e. The molecule has 0 saturated heterocycles. The molecule has 0 aromatic carbocycles. The number of rotatable bonds is 44. The van der Waals surface area contributed by atoms with Crippen LogP contribution in [-0.4, -0.2) is 4.57 Å². The predicted molar refractivity (Wildman–Crippen MR) is 235 cm³/mol. The van der Waals surface area contributed by atoms with Crippen LogP contribution in [-0.2, 0) is 19.5 Å². The van der Waals surface area contributed by atoms with Gasteiger partial charge >= 0.3 is 0 Å². The Morgan fingerprint density at radius 3 is 0.923 bits per heavy atom. The average molecular weight is 728 g/mol. The number of aryl methyl sites for hydroxylation is 2. The monoisotopic (exact) mass is 728 g/mol. The topological polar surface area (TPSA) is 8.81 Å². The van der Waals surface area contributed by atoms with E-state index in [-0.39, 0.29) is 0 Å². The summed E-state index contributed by atoms with van der Waals surface area (Å²) in [5, 5.41) is 0. The van der Waals surface area contributed by atoms with E-state index in [1.807, 2.05) is 0 Å². The average Bonchev–Trinajstić information content (AvgIpc) is 3.54. The normalized spacial score (nSPS) is 11.7. The van der Waals surface area contributed by atoms with Gasteiger partial charge < -0.3 is 0 Å². The molecule has 0 amide bonds. The maximum atomic E-state index is 2.66. The van der Waals surface area contributed by atoms with Crippen molar-refractivity contribution in [2.24, 2.45) is 0 Å². The summed E-state index contributed by atoms with van der Waals surface area (Å²) in [7, 11) is 0. The molecule has 0 N–H and O–H groups in total. The van der Waals surface area contributed by atoms with Crippen LogP contribution in [0.2, 0.25) is 0 Å². The second-order valence-electron chi connectivity index (χ2n) is 17.3. The molecule has 0 saturated carbocycles. The number of hydrogen-bond acceptors (Lipinski definition) is 0.